The van der Waals surface area contributed by atoms with Gasteiger partial charge >= 0.3 is 0 Å². The lowest BCUT2D eigenvalue weighted by atomic mass is 9.97. The van der Waals surface area contributed by atoms with E-state index in [1.165, 1.54) is 0 Å². The topological polar surface area (TPSA) is 208 Å². The summed E-state index contributed by atoms with van der Waals surface area (Å²) in [6.45, 7) is 15.2. The first-order valence-corrected chi connectivity index (χ1v) is 20.2. The molecule has 56 heavy (non-hydrogen) atoms. The van der Waals surface area contributed by atoms with Gasteiger partial charge in [0.25, 0.3) is 0 Å². The summed E-state index contributed by atoms with van der Waals surface area (Å²) in [4.78, 5) is 13.2. The number of hydrogen-bond acceptors (Lipinski definition) is 17. The van der Waals surface area contributed by atoms with Crippen molar-refractivity contribution in [1.82, 2.24) is 47.9 Å². The second-order valence-corrected chi connectivity index (χ2v) is 13.6. The number of rotatable bonds is 28. The number of carbonyl (C=O) groups excluding carboxylic acids is 1. The molecule has 3 saturated heterocycles. The Balaban J connectivity index is 1.72. The first-order chi connectivity index (χ1) is 27.5. The van der Waals surface area contributed by atoms with Crippen LogP contribution < -0.4 is 47.9 Å². The van der Waals surface area contributed by atoms with Crippen LogP contribution in [0.2, 0.25) is 0 Å². The van der Waals surface area contributed by atoms with Crippen LogP contribution in [0.1, 0.15) is 6.42 Å². The Morgan fingerprint density at radius 3 is 1.32 bits per heavy atom. The zero-order chi connectivity index (χ0) is 40.1. The molecule has 3 aliphatic heterocycles. The second kappa shape index (κ2) is 35.0. The number of hydrogen-bond donors (Lipinski definition) is 9. The first kappa shape index (κ1) is 50.1. The average molecular weight is 822 g/mol. The molecular weight excluding hydrogens is 751 g/mol. The first-order valence-electron chi connectivity index (χ1n) is 19.7. The Kier molecular flexibility index (Phi) is 31.3. The van der Waals surface area contributed by atoms with Gasteiger partial charge in [-0.3, -0.25) is 4.79 Å². The summed E-state index contributed by atoms with van der Waals surface area (Å²) in [5.41, 5.74) is -0.944. The van der Waals surface area contributed by atoms with Crippen molar-refractivity contribution in [1.29, 1.82) is 0 Å². The number of amides is 1. The maximum Gasteiger partial charge on any atom is 0.222 e. The molecule has 0 aromatic rings. The molecular formula is C36H71N9O10S. The maximum absolute atomic E-state index is 13.2. The number of carbonyl (C=O) groups is 1. The predicted octanol–water partition coefficient (Wildman–Crippen LogP) is -3.67. The van der Waals surface area contributed by atoms with Gasteiger partial charge in [-0.1, -0.05) is 6.42 Å². The van der Waals surface area contributed by atoms with Gasteiger partial charge in [0.2, 0.25) is 5.91 Å². The molecule has 0 saturated carbocycles. The highest BCUT2D eigenvalue weighted by Crippen LogP contribution is 2.06. The van der Waals surface area contributed by atoms with Crippen LogP contribution in [-0.4, -0.2) is 214 Å². The quantitative estimate of drug-likeness (QED) is 0.0161. The molecule has 3 fully saturated rings. The van der Waals surface area contributed by atoms with E-state index in [0.717, 1.165) is 39.3 Å². The fourth-order valence-corrected chi connectivity index (χ4v) is 5.91. The zero-order valence-corrected chi connectivity index (χ0v) is 34.4. The number of methoxy groups -OCH3 is 1. The van der Waals surface area contributed by atoms with Gasteiger partial charge in [-0.05, 0) is 12.2 Å². The molecule has 0 unspecified atom stereocenters. The number of thiocarbonyl (C=S) groups is 1. The lowest BCUT2D eigenvalue weighted by molar-refractivity contribution is -0.124. The number of terminal acetylenes is 1. The standard InChI is InChI=1S/C36H71N9O10S/c1-3-48-14-15-51-20-23-54-24-25-55-32-43-34(56)45-36-29-40-8-5-37-26-35(27-38-6-9-41-30-36,28-39-7-10-42-31-36)44-33(46)4-11-49-16-17-52-21-22-53-19-18-50-13-12-47-2/h1,37-42H,4-32H2,2H3,(H,44,46)(H2,43,45,56). The van der Waals surface area contributed by atoms with Crippen molar-refractivity contribution in [2.45, 2.75) is 17.5 Å². The van der Waals surface area contributed by atoms with Gasteiger partial charge in [0, 0.05) is 92.1 Å². The van der Waals surface area contributed by atoms with Gasteiger partial charge in [-0.15, -0.1) is 0 Å². The van der Waals surface area contributed by atoms with Crippen molar-refractivity contribution >= 4 is 23.2 Å². The normalized spacial score (nSPS) is 21.4. The minimum Gasteiger partial charge on any atom is -0.444 e. The van der Waals surface area contributed by atoms with Gasteiger partial charge in [0.05, 0.1) is 104 Å². The van der Waals surface area contributed by atoms with E-state index in [2.05, 4.69) is 54.0 Å². The highest BCUT2D eigenvalue weighted by atomic mass is 32.1. The van der Waals surface area contributed by atoms with Crippen molar-refractivity contribution in [3.05, 3.63) is 0 Å². The molecule has 3 rings (SSSR count). The monoisotopic (exact) mass is 822 g/mol. The molecule has 0 spiro atoms. The summed E-state index contributed by atoms with van der Waals surface area (Å²) in [5, 5.41) is 32.1. The molecule has 3 aliphatic rings. The van der Waals surface area contributed by atoms with Crippen LogP contribution in [0, 0.1) is 12.5 Å². The Hall–Kier alpha value is -2.04. The maximum atomic E-state index is 13.2. The van der Waals surface area contributed by atoms with E-state index in [0.29, 0.717) is 143 Å². The third kappa shape index (κ3) is 26.8. The molecule has 0 atom stereocenters. The van der Waals surface area contributed by atoms with E-state index in [1.807, 2.05) is 0 Å². The van der Waals surface area contributed by atoms with Crippen LogP contribution in [0.25, 0.3) is 0 Å². The molecule has 0 aromatic heterocycles. The van der Waals surface area contributed by atoms with Crippen molar-refractivity contribution < 1.29 is 47.4 Å². The Morgan fingerprint density at radius 2 is 0.911 bits per heavy atom. The van der Waals surface area contributed by atoms with Crippen LogP contribution in [0.15, 0.2) is 0 Å². The molecule has 9 N–H and O–H groups in total. The predicted molar refractivity (Wildman–Crippen MR) is 217 cm³/mol. The molecule has 2 bridgehead atoms. The Bertz CT molecular complexity index is 977. The molecule has 326 valence electrons. The SMILES string of the molecule is C#COCCOCCOCCOCNC(=S)NC12CNCCNCC(NC(=O)CCOCCOCCOCCOCCOC)(CNCCNC1)CNCCNC2. The van der Waals surface area contributed by atoms with Gasteiger partial charge in [0.15, 0.2) is 5.11 Å². The molecule has 1 amide bonds. The smallest absolute Gasteiger partial charge is 0.222 e. The van der Waals surface area contributed by atoms with Crippen LogP contribution in [0.4, 0.5) is 0 Å². The zero-order valence-electron chi connectivity index (χ0n) is 33.6. The van der Waals surface area contributed by atoms with Crippen molar-refractivity contribution in [2.24, 2.45) is 0 Å². The van der Waals surface area contributed by atoms with Crippen molar-refractivity contribution in [3.63, 3.8) is 0 Å². The van der Waals surface area contributed by atoms with E-state index >= 15 is 0 Å². The van der Waals surface area contributed by atoms with Gasteiger partial charge in [0.1, 0.15) is 19.4 Å². The van der Waals surface area contributed by atoms with Crippen LogP contribution >= 0.6 is 12.2 Å². The van der Waals surface area contributed by atoms with Gasteiger partial charge in [-0.2, -0.15) is 0 Å². The van der Waals surface area contributed by atoms with E-state index in [1.54, 1.807) is 7.11 Å². The minimum absolute atomic E-state index is 0.0573. The Morgan fingerprint density at radius 1 is 0.554 bits per heavy atom. The molecule has 0 aromatic carbocycles. The Labute approximate surface area is 339 Å². The summed E-state index contributed by atoms with van der Waals surface area (Å²) in [6.07, 6.45) is 7.38. The van der Waals surface area contributed by atoms with E-state index in [-0.39, 0.29) is 19.1 Å². The summed E-state index contributed by atoms with van der Waals surface area (Å²) >= 11 is 5.69. The largest absolute Gasteiger partial charge is 0.444 e. The van der Waals surface area contributed by atoms with Crippen LogP contribution in [0.3, 0.4) is 0 Å². The van der Waals surface area contributed by atoms with Crippen molar-refractivity contribution in [2.75, 3.05) is 191 Å². The van der Waals surface area contributed by atoms with Crippen molar-refractivity contribution in [3.8, 4) is 12.5 Å². The molecule has 19 nitrogen and oxygen atoms in total. The summed E-state index contributed by atoms with van der Waals surface area (Å²) in [5.74, 6) is -0.0573. The lowest BCUT2D eigenvalue weighted by Crippen LogP contribution is -2.68. The highest BCUT2D eigenvalue weighted by molar-refractivity contribution is 7.80. The minimum atomic E-state index is -0.534. The summed E-state index contributed by atoms with van der Waals surface area (Å²) < 4.78 is 48.3. The highest BCUT2D eigenvalue weighted by Gasteiger charge is 2.33. The third-order valence-electron chi connectivity index (χ3n) is 8.51. The van der Waals surface area contributed by atoms with Crippen LogP contribution in [0.5, 0.6) is 0 Å². The fraction of sp³-hybridized carbons (Fsp3) is 0.889. The summed E-state index contributed by atoms with van der Waals surface area (Å²) in [6, 6.07) is 0. The van der Waals surface area contributed by atoms with E-state index in [9.17, 15) is 4.79 Å². The number of ether oxygens (including phenoxy) is 9. The lowest BCUT2D eigenvalue weighted by Gasteiger charge is -2.39. The fourth-order valence-electron chi connectivity index (χ4n) is 5.64. The van der Waals surface area contributed by atoms with E-state index in [4.69, 9.17) is 61.3 Å². The van der Waals surface area contributed by atoms with E-state index < -0.39 is 11.1 Å². The molecule has 0 aliphatic carbocycles. The molecule has 0 radical (unpaired) electrons. The van der Waals surface area contributed by atoms with Gasteiger partial charge in [-0.25, -0.2) is 0 Å². The molecule has 3 heterocycles. The van der Waals surface area contributed by atoms with Crippen LogP contribution in [-0.2, 0) is 47.4 Å². The molecule has 20 heteroatoms. The second-order valence-electron chi connectivity index (χ2n) is 13.2. The van der Waals surface area contributed by atoms with Gasteiger partial charge < -0.3 is 90.5 Å². The average Bonchev–Trinajstić information content (AvgIpc) is 3.19. The third-order valence-corrected chi connectivity index (χ3v) is 8.76. The number of nitrogens with one attached hydrogen (secondary N) is 9. The number of fused-ring (bicyclic) bond motifs is 15. The summed E-state index contributed by atoms with van der Waals surface area (Å²) in [7, 11) is 1.64.